The first-order valence-corrected chi connectivity index (χ1v) is 10.7. The van der Waals surface area contributed by atoms with Gasteiger partial charge in [0.15, 0.2) is 6.61 Å². The lowest BCUT2D eigenvalue weighted by Gasteiger charge is -2.16. The Kier molecular flexibility index (Phi) is 9.14. The molecular formula is C21H19Cl3F4N2O2. The summed E-state index contributed by atoms with van der Waals surface area (Å²) in [6, 6.07) is 2.07. The van der Waals surface area contributed by atoms with Crippen molar-refractivity contribution in [3.8, 4) is 29.2 Å². The third-order valence-electron chi connectivity index (χ3n) is 4.55. The maximum absolute atomic E-state index is 14.9. The first-order valence-electron chi connectivity index (χ1n) is 9.27. The van der Waals surface area contributed by atoms with E-state index in [1.54, 1.807) is 0 Å². The smallest absolute Gasteiger partial charge is 0.431 e. The van der Waals surface area contributed by atoms with Gasteiger partial charge >= 0.3 is 6.18 Å². The summed E-state index contributed by atoms with van der Waals surface area (Å²) in [5.74, 6) is 0.781. The molecular weight excluding hydrogens is 495 g/mol. The third kappa shape index (κ3) is 6.03. The molecule has 0 unspecified atom stereocenters. The van der Waals surface area contributed by atoms with Gasteiger partial charge in [-0.3, -0.25) is 4.79 Å². The van der Waals surface area contributed by atoms with Crippen LogP contribution in [0.5, 0.6) is 5.75 Å². The van der Waals surface area contributed by atoms with E-state index in [2.05, 4.69) is 10.9 Å². The summed E-state index contributed by atoms with van der Waals surface area (Å²) in [6.45, 7) is -0.398. The number of halogens is 7. The van der Waals surface area contributed by atoms with Gasteiger partial charge in [0.05, 0.1) is 11.6 Å². The lowest BCUT2D eigenvalue weighted by Crippen LogP contribution is -2.31. The predicted octanol–water partition coefficient (Wildman–Crippen LogP) is 5.53. The van der Waals surface area contributed by atoms with E-state index in [9.17, 15) is 22.4 Å². The van der Waals surface area contributed by atoms with E-state index in [4.69, 9.17) is 46.0 Å². The molecule has 2 rings (SSSR count). The second-order valence-corrected chi connectivity index (χ2v) is 7.88. The van der Waals surface area contributed by atoms with Crippen LogP contribution in [0.1, 0.15) is 17.0 Å². The molecule has 0 aliphatic heterocycles. The van der Waals surface area contributed by atoms with Crippen LogP contribution in [0.2, 0.25) is 5.02 Å². The molecule has 0 radical (unpaired) electrons. The van der Waals surface area contributed by atoms with Crippen LogP contribution in [0.15, 0.2) is 12.1 Å². The highest BCUT2D eigenvalue weighted by molar-refractivity contribution is 6.32. The average molecular weight is 514 g/mol. The topological polar surface area (TPSA) is 45.3 Å². The maximum atomic E-state index is 14.9. The normalized spacial score (nSPS) is 11.3. The largest absolute Gasteiger partial charge is 0.482 e. The van der Waals surface area contributed by atoms with E-state index in [1.807, 2.05) is 0 Å². The lowest BCUT2D eigenvalue weighted by molar-refractivity contribution is -0.141. The summed E-state index contributed by atoms with van der Waals surface area (Å²) in [6.07, 6.45) is 0.304. The minimum Gasteiger partial charge on any atom is -0.482 e. The number of terminal acetylenes is 1. The standard InChI is InChI=1S/C21H19Cl3F4N2O2/c1-3-8-30(2)18(31)11-32-17-9-13(15(25)10-14(17)24)19-12(4-6-22)20(21(26,27)28)29-16(19)5-7-23/h1,9-10,29H,4-8,11H2,2H3. The van der Waals surface area contributed by atoms with Gasteiger partial charge in [0.1, 0.15) is 17.3 Å². The molecule has 2 aromatic rings. The highest BCUT2D eigenvalue weighted by Gasteiger charge is 2.38. The number of carbonyl (C=O) groups is 1. The van der Waals surface area contributed by atoms with Crippen LogP contribution in [0, 0.1) is 18.2 Å². The van der Waals surface area contributed by atoms with E-state index in [0.29, 0.717) is 0 Å². The average Bonchev–Trinajstić information content (AvgIpc) is 3.06. The number of hydrogen-bond donors (Lipinski definition) is 1. The molecule has 0 bridgehead atoms. The molecule has 0 fully saturated rings. The zero-order chi connectivity index (χ0) is 24.1. The van der Waals surface area contributed by atoms with Gasteiger partial charge in [-0.05, 0) is 24.1 Å². The Morgan fingerprint density at radius 3 is 2.47 bits per heavy atom. The van der Waals surface area contributed by atoms with Gasteiger partial charge in [0.2, 0.25) is 0 Å². The number of aryl methyl sites for hydroxylation is 1. The molecule has 32 heavy (non-hydrogen) atoms. The molecule has 174 valence electrons. The quantitative estimate of drug-likeness (QED) is 0.272. The fraction of sp³-hybridized carbons (Fsp3) is 0.381. The highest BCUT2D eigenvalue weighted by atomic mass is 35.5. The number of rotatable bonds is 9. The van der Waals surface area contributed by atoms with Crippen LogP contribution in [-0.4, -0.2) is 47.8 Å². The van der Waals surface area contributed by atoms with Crippen molar-refractivity contribution in [1.82, 2.24) is 9.88 Å². The molecule has 11 heteroatoms. The van der Waals surface area contributed by atoms with Gasteiger partial charge in [-0.15, -0.1) is 29.6 Å². The lowest BCUT2D eigenvalue weighted by atomic mass is 9.96. The molecule has 1 amide bonds. The van der Waals surface area contributed by atoms with Crippen molar-refractivity contribution in [3.63, 3.8) is 0 Å². The Balaban J connectivity index is 2.57. The van der Waals surface area contributed by atoms with E-state index in [0.717, 1.165) is 12.1 Å². The summed E-state index contributed by atoms with van der Waals surface area (Å²) in [4.78, 5) is 15.6. The van der Waals surface area contributed by atoms with Crippen LogP contribution in [0.4, 0.5) is 17.6 Å². The first kappa shape index (κ1) is 26.2. The molecule has 4 nitrogen and oxygen atoms in total. The zero-order valence-electron chi connectivity index (χ0n) is 16.9. The van der Waals surface area contributed by atoms with Crippen molar-refractivity contribution in [2.75, 3.05) is 32.0 Å². The van der Waals surface area contributed by atoms with Gasteiger partial charge in [-0.2, -0.15) is 13.2 Å². The van der Waals surface area contributed by atoms with E-state index >= 15 is 0 Å². The van der Waals surface area contributed by atoms with Gasteiger partial charge in [0, 0.05) is 42.0 Å². The summed E-state index contributed by atoms with van der Waals surface area (Å²) < 4.78 is 61.1. The fourth-order valence-electron chi connectivity index (χ4n) is 3.10. The van der Waals surface area contributed by atoms with Crippen molar-refractivity contribution in [1.29, 1.82) is 0 Å². The number of alkyl halides is 5. The fourth-order valence-corrected chi connectivity index (χ4v) is 3.68. The van der Waals surface area contributed by atoms with Crippen LogP contribution in [0.3, 0.4) is 0 Å². The molecule has 0 aliphatic rings. The molecule has 1 aromatic heterocycles. The van der Waals surface area contributed by atoms with Crippen molar-refractivity contribution in [2.24, 2.45) is 0 Å². The minimum absolute atomic E-state index is 0.000291. The Hall–Kier alpha value is -2.08. The number of nitrogens with zero attached hydrogens (tertiary/aromatic N) is 1. The number of nitrogens with one attached hydrogen (secondary N) is 1. The monoisotopic (exact) mass is 512 g/mol. The van der Waals surface area contributed by atoms with Gasteiger partial charge in [-0.25, -0.2) is 4.39 Å². The second kappa shape index (κ2) is 11.2. The zero-order valence-corrected chi connectivity index (χ0v) is 19.2. The van der Waals surface area contributed by atoms with E-state index in [1.165, 1.54) is 11.9 Å². The number of likely N-dealkylation sites (N-methyl/N-ethyl adjacent to an activating group) is 1. The summed E-state index contributed by atoms with van der Waals surface area (Å²) >= 11 is 17.5. The Morgan fingerprint density at radius 1 is 1.25 bits per heavy atom. The Morgan fingerprint density at radius 2 is 1.91 bits per heavy atom. The molecule has 0 aliphatic carbocycles. The number of aromatic amines is 1. The molecule has 1 aromatic carbocycles. The maximum Gasteiger partial charge on any atom is 0.431 e. The highest BCUT2D eigenvalue weighted by Crippen LogP contribution is 2.42. The molecule has 0 saturated heterocycles. The molecule has 0 atom stereocenters. The van der Waals surface area contributed by atoms with Gasteiger partial charge in [0.25, 0.3) is 5.91 Å². The van der Waals surface area contributed by atoms with Crippen molar-refractivity contribution < 1.29 is 27.1 Å². The predicted molar refractivity (Wildman–Crippen MR) is 117 cm³/mol. The van der Waals surface area contributed by atoms with E-state index < -0.39 is 30.2 Å². The van der Waals surface area contributed by atoms with Crippen molar-refractivity contribution in [3.05, 3.63) is 39.9 Å². The Bertz CT molecular complexity index is 1020. The number of carbonyl (C=O) groups excluding carboxylic acids is 1. The second-order valence-electron chi connectivity index (χ2n) is 6.71. The van der Waals surface area contributed by atoms with Crippen molar-refractivity contribution in [2.45, 2.75) is 19.0 Å². The van der Waals surface area contributed by atoms with Crippen molar-refractivity contribution >= 4 is 40.7 Å². The van der Waals surface area contributed by atoms with Gasteiger partial charge in [-0.1, -0.05) is 17.5 Å². The minimum atomic E-state index is -4.71. The number of benzene rings is 1. The number of hydrogen-bond acceptors (Lipinski definition) is 2. The van der Waals surface area contributed by atoms with Gasteiger partial charge < -0.3 is 14.6 Å². The third-order valence-corrected chi connectivity index (χ3v) is 5.22. The Labute approximate surface area is 197 Å². The van der Waals surface area contributed by atoms with Crippen LogP contribution in [0.25, 0.3) is 11.1 Å². The number of aromatic nitrogens is 1. The summed E-state index contributed by atoms with van der Waals surface area (Å²) in [5.41, 5.74) is -1.29. The molecule has 1 heterocycles. The van der Waals surface area contributed by atoms with Crippen LogP contribution >= 0.6 is 34.8 Å². The first-order chi connectivity index (χ1) is 15.0. The van der Waals surface area contributed by atoms with Crippen LogP contribution in [-0.2, 0) is 23.8 Å². The molecule has 0 saturated carbocycles. The molecule has 0 spiro atoms. The number of H-pyrrole nitrogens is 1. The number of ether oxygens (including phenoxy) is 1. The summed E-state index contributed by atoms with van der Waals surface area (Å²) in [7, 11) is 1.47. The van der Waals surface area contributed by atoms with E-state index in [-0.39, 0.29) is 64.3 Å². The number of amides is 1. The molecule has 1 N–H and O–H groups in total. The van der Waals surface area contributed by atoms with Crippen LogP contribution < -0.4 is 4.74 Å². The summed E-state index contributed by atoms with van der Waals surface area (Å²) in [5, 5.41) is -0.150. The SMILES string of the molecule is C#CCN(C)C(=O)COc1cc(-c2c(CCCl)[nH]c(C(F)(F)F)c2CCCl)c(F)cc1Cl.